The predicted octanol–water partition coefficient (Wildman–Crippen LogP) is 4.14. The van der Waals surface area contributed by atoms with Crippen LogP contribution in [-0.4, -0.2) is 9.97 Å². The van der Waals surface area contributed by atoms with Gasteiger partial charge in [-0.2, -0.15) is 0 Å². The molecule has 0 saturated carbocycles. The van der Waals surface area contributed by atoms with E-state index in [-0.39, 0.29) is 11.5 Å². The fourth-order valence-electron chi connectivity index (χ4n) is 2.14. The van der Waals surface area contributed by atoms with Gasteiger partial charge in [0, 0.05) is 18.2 Å². The normalized spacial score (nSPS) is 13.2. The molecule has 0 aliphatic rings. The van der Waals surface area contributed by atoms with Crippen molar-refractivity contribution < 1.29 is 4.42 Å². The van der Waals surface area contributed by atoms with Gasteiger partial charge in [0.25, 0.3) is 0 Å². The van der Waals surface area contributed by atoms with Crippen LogP contribution in [0.2, 0.25) is 0 Å². The summed E-state index contributed by atoms with van der Waals surface area (Å²) >= 11 is 0. The Bertz CT molecular complexity index is 569. The maximum absolute atomic E-state index is 5.92. The lowest BCUT2D eigenvalue weighted by Crippen LogP contribution is -2.25. The molecule has 0 bridgehead atoms. The molecule has 0 radical (unpaired) electrons. The Labute approximate surface area is 120 Å². The standard InChI is InChI=1S/C16H23N3O/c1-6-12-7-8-13(20-12)15(16(3,4)5)19-14-9-11(2)17-10-18-14/h7-10,15H,6H2,1-5H3,(H,17,18,19). The Balaban J connectivity index is 2.29. The first-order chi connectivity index (χ1) is 9.40. The molecule has 20 heavy (non-hydrogen) atoms. The van der Waals surface area contributed by atoms with Crippen molar-refractivity contribution in [2.45, 2.75) is 47.1 Å². The highest BCUT2D eigenvalue weighted by atomic mass is 16.3. The highest BCUT2D eigenvalue weighted by molar-refractivity contribution is 5.38. The Hall–Kier alpha value is -1.84. The Morgan fingerprint density at radius 2 is 2.00 bits per heavy atom. The maximum Gasteiger partial charge on any atom is 0.130 e. The molecule has 2 heterocycles. The van der Waals surface area contributed by atoms with E-state index in [1.54, 1.807) is 6.33 Å². The van der Waals surface area contributed by atoms with Crippen LogP contribution >= 0.6 is 0 Å². The van der Waals surface area contributed by atoms with Gasteiger partial charge in [0.1, 0.15) is 23.7 Å². The molecular formula is C16H23N3O. The van der Waals surface area contributed by atoms with Crippen LogP contribution < -0.4 is 5.32 Å². The quantitative estimate of drug-likeness (QED) is 0.909. The van der Waals surface area contributed by atoms with Crippen LogP contribution in [0.25, 0.3) is 0 Å². The lowest BCUT2D eigenvalue weighted by Gasteiger charge is -2.30. The molecule has 0 aromatic carbocycles. The average molecular weight is 273 g/mol. The molecule has 2 aromatic rings. The van der Waals surface area contributed by atoms with Crippen molar-refractivity contribution in [1.29, 1.82) is 0 Å². The third kappa shape index (κ3) is 3.38. The minimum absolute atomic E-state index is 0.0156. The van der Waals surface area contributed by atoms with Gasteiger partial charge in [0.15, 0.2) is 0 Å². The molecule has 0 aliphatic carbocycles. The summed E-state index contributed by atoms with van der Waals surface area (Å²) in [4.78, 5) is 8.41. The van der Waals surface area contributed by atoms with Crippen LogP contribution in [-0.2, 0) is 6.42 Å². The summed E-state index contributed by atoms with van der Waals surface area (Å²) in [5, 5.41) is 3.47. The van der Waals surface area contributed by atoms with Gasteiger partial charge in [-0.1, -0.05) is 27.7 Å². The fraction of sp³-hybridized carbons (Fsp3) is 0.500. The predicted molar refractivity (Wildman–Crippen MR) is 80.7 cm³/mol. The number of furan rings is 1. The van der Waals surface area contributed by atoms with Crippen LogP contribution in [0, 0.1) is 12.3 Å². The topological polar surface area (TPSA) is 51.0 Å². The van der Waals surface area contributed by atoms with E-state index in [0.717, 1.165) is 29.5 Å². The summed E-state index contributed by atoms with van der Waals surface area (Å²) in [6.45, 7) is 10.6. The Morgan fingerprint density at radius 3 is 2.55 bits per heavy atom. The van der Waals surface area contributed by atoms with E-state index in [1.165, 1.54) is 0 Å². The molecule has 0 fully saturated rings. The van der Waals surface area contributed by atoms with Gasteiger partial charge in [-0.05, 0) is 24.5 Å². The number of nitrogens with zero attached hydrogens (tertiary/aromatic N) is 2. The first kappa shape index (κ1) is 14.6. The van der Waals surface area contributed by atoms with E-state index in [1.807, 2.05) is 19.1 Å². The van der Waals surface area contributed by atoms with Crippen LogP contribution in [0.3, 0.4) is 0 Å². The summed E-state index contributed by atoms with van der Waals surface area (Å²) in [7, 11) is 0. The van der Waals surface area contributed by atoms with Gasteiger partial charge in [-0.3, -0.25) is 0 Å². The zero-order valence-electron chi connectivity index (χ0n) is 12.9. The molecule has 4 heteroatoms. The molecule has 1 unspecified atom stereocenters. The second-order valence-electron chi connectivity index (χ2n) is 6.15. The van der Waals surface area contributed by atoms with Gasteiger partial charge in [-0.15, -0.1) is 0 Å². The number of aromatic nitrogens is 2. The van der Waals surface area contributed by atoms with E-state index in [2.05, 4.69) is 49.0 Å². The lowest BCUT2D eigenvalue weighted by atomic mass is 9.85. The highest BCUT2D eigenvalue weighted by Crippen LogP contribution is 2.36. The third-order valence-electron chi connectivity index (χ3n) is 3.28. The Kier molecular flexibility index (Phi) is 4.12. The van der Waals surface area contributed by atoms with Crippen molar-refractivity contribution in [2.24, 2.45) is 5.41 Å². The number of anilines is 1. The third-order valence-corrected chi connectivity index (χ3v) is 3.28. The summed E-state index contributed by atoms with van der Waals surface area (Å²) in [5.41, 5.74) is 0.964. The second-order valence-corrected chi connectivity index (χ2v) is 6.15. The highest BCUT2D eigenvalue weighted by Gasteiger charge is 2.29. The van der Waals surface area contributed by atoms with E-state index in [0.29, 0.717) is 0 Å². The lowest BCUT2D eigenvalue weighted by molar-refractivity contribution is 0.298. The van der Waals surface area contributed by atoms with Crippen molar-refractivity contribution >= 4 is 5.82 Å². The summed E-state index contributed by atoms with van der Waals surface area (Å²) in [6, 6.07) is 6.11. The smallest absolute Gasteiger partial charge is 0.130 e. The number of nitrogens with one attached hydrogen (secondary N) is 1. The summed E-state index contributed by atoms with van der Waals surface area (Å²) < 4.78 is 5.92. The van der Waals surface area contributed by atoms with Gasteiger partial charge in [-0.25, -0.2) is 9.97 Å². The number of hydrogen-bond acceptors (Lipinski definition) is 4. The molecule has 1 atom stereocenters. The first-order valence-electron chi connectivity index (χ1n) is 7.04. The molecule has 0 amide bonds. The zero-order chi connectivity index (χ0) is 14.8. The zero-order valence-corrected chi connectivity index (χ0v) is 12.9. The molecule has 0 saturated heterocycles. The van der Waals surface area contributed by atoms with E-state index < -0.39 is 0 Å². The van der Waals surface area contributed by atoms with Crippen LogP contribution in [0.5, 0.6) is 0 Å². The Morgan fingerprint density at radius 1 is 1.25 bits per heavy atom. The van der Waals surface area contributed by atoms with Crippen molar-refractivity contribution in [2.75, 3.05) is 5.32 Å². The SMILES string of the molecule is CCc1ccc(C(Nc2cc(C)ncn2)C(C)(C)C)o1. The fourth-order valence-corrected chi connectivity index (χ4v) is 2.14. The molecule has 4 nitrogen and oxygen atoms in total. The van der Waals surface area contributed by atoms with Gasteiger partial charge < -0.3 is 9.73 Å². The average Bonchev–Trinajstić information content (AvgIpc) is 2.83. The summed E-state index contributed by atoms with van der Waals surface area (Å²) in [5.74, 6) is 2.78. The second kappa shape index (κ2) is 5.65. The van der Waals surface area contributed by atoms with Gasteiger partial charge >= 0.3 is 0 Å². The van der Waals surface area contributed by atoms with E-state index in [4.69, 9.17) is 4.42 Å². The minimum Gasteiger partial charge on any atom is -0.464 e. The van der Waals surface area contributed by atoms with Gasteiger partial charge in [0.2, 0.25) is 0 Å². The maximum atomic E-state index is 5.92. The van der Waals surface area contributed by atoms with Crippen LogP contribution in [0.1, 0.15) is 51.0 Å². The molecule has 2 aromatic heterocycles. The molecule has 0 spiro atoms. The molecule has 2 rings (SSSR count). The molecule has 108 valence electrons. The number of rotatable bonds is 4. The van der Waals surface area contributed by atoms with E-state index >= 15 is 0 Å². The van der Waals surface area contributed by atoms with Crippen molar-refractivity contribution in [3.63, 3.8) is 0 Å². The van der Waals surface area contributed by atoms with E-state index in [9.17, 15) is 0 Å². The van der Waals surface area contributed by atoms with Crippen molar-refractivity contribution in [3.05, 3.63) is 41.7 Å². The van der Waals surface area contributed by atoms with Crippen LogP contribution in [0.15, 0.2) is 28.9 Å². The van der Waals surface area contributed by atoms with Gasteiger partial charge in [0.05, 0.1) is 6.04 Å². The molecule has 1 N–H and O–H groups in total. The minimum atomic E-state index is 0.0156. The first-order valence-corrected chi connectivity index (χ1v) is 7.04. The van der Waals surface area contributed by atoms with Crippen molar-refractivity contribution in [3.8, 4) is 0 Å². The summed E-state index contributed by atoms with van der Waals surface area (Å²) in [6.07, 6.45) is 2.49. The number of hydrogen-bond donors (Lipinski definition) is 1. The molecule has 0 aliphatic heterocycles. The largest absolute Gasteiger partial charge is 0.464 e. The molecular weight excluding hydrogens is 250 g/mol. The number of aryl methyl sites for hydroxylation is 2. The monoisotopic (exact) mass is 273 g/mol. The van der Waals surface area contributed by atoms with Crippen LogP contribution in [0.4, 0.5) is 5.82 Å². The van der Waals surface area contributed by atoms with Crippen molar-refractivity contribution in [1.82, 2.24) is 9.97 Å².